The molecule has 0 N–H and O–H groups in total. The summed E-state index contributed by atoms with van der Waals surface area (Å²) in [5, 5.41) is 16.6. The first-order valence-electron chi connectivity index (χ1n) is 9.12. The molecule has 2 heterocycles. The predicted molar refractivity (Wildman–Crippen MR) is 104 cm³/mol. The number of aryl methyl sites for hydroxylation is 2. The quantitative estimate of drug-likeness (QED) is 0.478. The van der Waals surface area contributed by atoms with Crippen molar-refractivity contribution in [2.45, 2.75) is 26.9 Å². The van der Waals surface area contributed by atoms with Gasteiger partial charge in [0.05, 0.1) is 11.4 Å². The first-order chi connectivity index (χ1) is 14.0. The molecule has 0 unspecified atom stereocenters. The summed E-state index contributed by atoms with van der Waals surface area (Å²) in [6.07, 6.45) is -0.726. The highest BCUT2D eigenvalue weighted by Gasteiger charge is 2.24. The van der Waals surface area contributed by atoms with Gasteiger partial charge in [-0.05, 0) is 45.0 Å². The van der Waals surface area contributed by atoms with E-state index in [1.54, 1.807) is 13.8 Å². The Labute approximate surface area is 167 Å². The van der Waals surface area contributed by atoms with Gasteiger partial charge in [-0.15, -0.1) is 15.3 Å². The Bertz CT molecular complexity index is 1130. The maximum absolute atomic E-state index is 12.6. The Morgan fingerprint density at radius 3 is 2.45 bits per heavy atom. The van der Waals surface area contributed by atoms with Gasteiger partial charge in [-0.3, -0.25) is 0 Å². The van der Waals surface area contributed by atoms with Crippen LogP contribution in [0, 0.1) is 13.8 Å². The molecule has 0 amide bonds. The second-order valence-electron chi connectivity index (χ2n) is 6.62. The van der Waals surface area contributed by atoms with Crippen LogP contribution in [-0.2, 0) is 4.74 Å². The fraction of sp³-hybridized carbons (Fsp3) is 0.190. The van der Waals surface area contributed by atoms with Crippen molar-refractivity contribution in [1.29, 1.82) is 0 Å². The van der Waals surface area contributed by atoms with Crippen LogP contribution in [-0.4, -0.2) is 31.2 Å². The van der Waals surface area contributed by atoms with Gasteiger partial charge in [0, 0.05) is 5.56 Å². The lowest BCUT2D eigenvalue weighted by Crippen LogP contribution is -2.11. The summed E-state index contributed by atoms with van der Waals surface area (Å²) < 4.78 is 11.1. The van der Waals surface area contributed by atoms with E-state index < -0.39 is 12.1 Å². The monoisotopic (exact) mass is 389 g/mol. The molecule has 8 nitrogen and oxygen atoms in total. The molecule has 0 spiro atoms. The fourth-order valence-corrected chi connectivity index (χ4v) is 2.72. The van der Waals surface area contributed by atoms with Gasteiger partial charge >= 0.3 is 5.97 Å². The largest absolute Gasteiger partial charge is 0.448 e. The fourth-order valence-electron chi connectivity index (χ4n) is 2.72. The first kappa shape index (κ1) is 18.5. The third-order valence-electron chi connectivity index (χ3n) is 4.33. The molecule has 0 aliphatic rings. The number of aromatic nitrogens is 5. The van der Waals surface area contributed by atoms with Crippen molar-refractivity contribution in [2.75, 3.05) is 0 Å². The van der Waals surface area contributed by atoms with Gasteiger partial charge in [0.25, 0.3) is 5.89 Å². The van der Waals surface area contributed by atoms with Gasteiger partial charge in [0.2, 0.25) is 5.89 Å². The van der Waals surface area contributed by atoms with Gasteiger partial charge in [-0.2, -0.15) is 9.90 Å². The van der Waals surface area contributed by atoms with Crippen LogP contribution < -0.4 is 0 Å². The van der Waals surface area contributed by atoms with E-state index in [-0.39, 0.29) is 11.6 Å². The van der Waals surface area contributed by atoms with E-state index in [2.05, 4.69) is 20.4 Å². The molecular weight excluding hydrogens is 370 g/mol. The minimum Gasteiger partial charge on any atom is -0.448 e. The molecule has 1 atom stereocenters. The molecule has 2 aromatic carbocycles. The normalized spacial score (nSPS) is 12.0. The van der Waals surface area contributed by atoms with Crippen LogP contribution in [0.4, 0.5) is 0 Å². The molecule has 29 heavy (non-hydrogen) atoms. The zero-order valence-electron chi connectivity index (χ0n) is 16.2. The highest BCUT2D eigenvalue weighted by molar-refractivity contribution is 5.88. The summed E-state index contributed by atoms with van der Waals surface area (Å²) in [4.78, 5) is 14.0. The Morgan fingerprint density at radius 2 is 1.72 bits per heavy atom. The van der Waals surface area contributed by atoms with Crippen molar-refractivity contribution < 1.29 is 13.9 Å². The van der Waals surface area contributed by atoms with Gasteiger partial charge in [-0.1, -0.05) is 35.9 Å². The number of hydrogen-bond acceptors (Lipinski definition) is 7. The molecule has 0 aliphatic carbocycles. The minimum absolute atomic E-state index is 0.138. The van der Waals surface area contributed by atoms with E-state index in [9.17, 15) is 4.79 Å². The van der Waals surface area contributed by atoms with E-state index in [0.29, 0.717) is 11.6 Å². The summed E-state index contributed by atoms with van der Waals surface area (Å²) in [7, 11) is 0. The van der Waals surface area contributed by atoms with Crippen molar-refractivity contribution in [2.24, 2.45) is 0 Å². The Kier molecular flexibility index (Phi) is 4.90. The molecule has 4 aromatic rings. The third-order valence-corrected chi connectivity index (χ3v) is 4.33. The number of rotatable bonds is 5. The van der Waals surface area contributed by atoms with Crippen LogP contribution in [0.5, 0.6) is 0 Å². The van der Waals surface area contributed by atoms with Gasteiger partial charge < -0.3 is 9.15 Å². The number of nitrogens with zero attached hydrogens (tertiary/aromatic N) is 5. The highest BCUT2D eigenvalue weighted by atomic mass is 16.6. The number of para-hydroxylation sites is 1. The van der Waals surface area contributed by atoms with E-state index >= 15 is 0 Å². The Morgan fingerprint density at radius 1 is 1.00 bits per heavy atom. The molecular formula is C21H19N5O3. The van der Waals surface area contributed by atoms with Crippen LogP contribution in [0.3, 0.4) is 0 Å². The van der Waals surface area contributed by atoms with Crippen LogP contribution >= 0.6 is 0 Å². The number of carbonyl (C=O) groups excluding carboxylic acids is 1. The van der Waals surface area contributed by atoms with Crippen molar-refractivity contribution in [3.05, 3.63) is 77.4 Å². The lowest BCUT2D eigenvalue weighted by molar-refractivity contribution is 0.0271. The molecule has 0 radical (unpaired) electrons. The van der Waals surface area contributed by atoms with Gasteiger partial charge in [-0.25, -0.2) is 4.79 Å². The van der Waals surface area contributed by atoms with Gasteiger partial charge in [0.1, 0.15) is 0 Å². The second kappa shape index (κ2) is 7.67. The molecule has 146 valence electrons. The molecule has 0 saturated carbocycles. The topological polar surface area (TPSA) is 95.9 Å². The Hall–Kier alpha value is -3.81. The number of benzene rings is 2. The molecule has 0 saturated heterocycles. The van der Waals surface area contributed by atoms with Crippen LogP contribution in [0.1, 0.15) is 40.7 Å². The molecule has 0 fully saturated rings. The smallest absolute Gasteiger partial charge is 0.361 e. The van der Waals surface area contributed by atoms with E-state index in [1.807, 2.05) is 61.5 Å². The highest BCUT2D eigenvalue weighted by Crippen LogP contribution is 2.23. The lowest BCUT2D eigenvalue weighted by atomic mass is 10.1. The average Bonchev–Trinajstić information content (AvgIpc) is 3.36. The molecule has 0 aliphatic heterocycles. The van der Waals surface area contributed by atoms with Crippen molar-refractivity contribution in [3.8, 4) is 17.1 Å². The van der Waals surface area contributed by atoms with E-state index in [4.69, 9.17) is 9.15 Å². The van der Waals surface area contributed by atoms with Crippen molar-refractivity contribution >= 4 is 5.97 Å². The van der Waals surface area contributed by atoms with E-state index in [1.165, 1.54) is 4.80 Å². The molecule has 4 rings (SSSR count). The minimum atomic E-state index is -0.726. The van der Waals surface area contributed by atoms with Gasteiger partial charge in [0.15, 0.2) is 11.8 Å². The molecule has 8 heteroatoms. The van der Waals surface area contributed by atoms with Crippen molar-refractivity contribution in [1.82, 2.24) is 25.2 Å². The zero-order chi connectivity index (χ0) is 20.4. The second-order valence-corrected chi connectivity index (χ2v) is 6.62. The molecule has 0 bridgehead atoms. The summed E-state index contributed by atoms with van der Waals surface area (Å²) in [6.45, 7) is 5.37. The van der Waals surface area contributed by atoms with Crippen LogP contribution in [0.15, 0.2) is 59.0 Å². The number of ether oxygens (including phenoxy) is 1. The summed E-state index contributed by atoms with van der Waals surface area (Å²) >= 11 is 0. The van der Waals surface area contributed by atoms with Crippen LogP contribution in [0.2, 0.25) is 0 Å². The third kappa shape index (κ3) is 3.91. The number of hydrogen-bond donors (Lipinski definition) is 0. The maximum Gasteiger partial charge on any atom is 0.361 e. The molecule has 2 aromatic heterocycles. The average molecular weight is 389 g/mol. The maximum atomic E-state index is 12.6. The number of carbonyl (C=O) groups is 1. The van der Waals surface area contributed by atoms with Crippen molar-refractivity contribution in [3.63, 3.8) is 0 Å². The predicted octanol–water partition coefficient (Wildman–Crippen LogP) is 3.85. The summed E-state index contributed by atoms with van der Waals surface area (Å²) in [5.41, 5.74) is 3.29. The number of esters is 1. The summed E-state index contributed by atoms with van der Waals surface area (Å²) in [5.74, 6) is -0.0246. The van der Waals surface area contributed by atoms with Crippen LogP contribution in [0.25, 0.3) is 17.1 Å². The lowest BCUT2D eigenvalue weighted by Gasteiger charge is -2.07. The standard InChI is InChI=1S/C21H19N5O3/c1-13-9-11-16(12-10-13)20-23-22-19(29-20)15(3)28-21(27)18-14(2)24-26(25-18)17-7-5-4-6-8-17/h4-12,15H,1-3H3/t15-/m1/s1. The summed E-state index contributed by atoms with van der Waals surface area (Å²) in [6, 6.07) is 17.0. The zero-order valence-corrected chi connectivity index (χ0v) is 16.2. The first-order valence-corrected chi connectivity index (χ1v) is 9.12. The Balaban J connectivity index is 1.49. The van der Waals surface area contributed by atoms with E-state index in [0.717, 1.165) is 16.8 Å². The SMILES string of the molecule is Cc1ccc(-c2nnc([C@@H](C)OC(=O)c3nn(-c4ccccc4)nc3C)o2)cc1.